The van der Waals surface area contributed by atoms with Crippen molar-refractivity contribution in [2.24, 2.45) is 5.92 Å². The van der Waals surface area contributed by atoms with Gasteiger partial charge in [-0.3, -0.25) is 4.98 Å². The van der Waals surface area contributed by atoms with E-state index in [0.717, 1.165) is 17.8 Å². The summed E-state index contributed by atoms with van der Waals surface area (Å²) in [5.74, 6) is 3.68. The molecule has 2 saturated heterocycles. The van der Waals surface area contributed by atoms with Crippen molar-refractivity contribution in [2.45, 2.75) is 25.7 Å². The maximum absolute atomic E-state index is 11.1. The molecule has 2 aliphatic rings. The number of anilines is 1. The molecular weight excluding hydrogens is 294 g/mol. The highest BCUT2D eigenvalue weighted by Crippen LogP contribution is 2.36. The summed E-state index contributed by atoms with van der Waals surface area (Å²) in [4.78, 5) is 19.1. The second-order valence-corrected chi connectivity index (χ2v) is 11.8. The van der Waals surface area contributed by atoms with Crippen molar-refractivity contribution in [3.63, 3.8) is 0 Å². The van der Waals surface area contributed by atoms with Gasteiger partial charge in [-0.1, -0.05) is 25.6 Å². The predicted octanol–water partition coefficient (Wildman–Crippen LogP) is 2.11. The van der Waals surface area contributed by atoms with E-state index < -0.39 is 14.2 Å². The molecule has 3 heterocycles. The zero-order valence-corrected chi connectivity index (χ0v) is 14.2. The summed E-state index contributed by atoms with van der Waals surface area (Å²) in [6.07, 6.45) is 2.83. The van der Waals surface area contributed by atoms with Crippen LogP contribution in [0.2, 0.25) is 19.6 Å². The van der Waals surface area contributed by atoms with Gasteiger partial charge >= 0.3 is 6.09 Å². The molecule has 2 atom stereocenters. The fraction of sp³-hybridized carbons (Fsp3) is 0.500. The van der Waals surface area contributed by atoms with Crippen LogP contribution in [0.1, 0.15) is 5.56 Å². The molecule has 0 bridgehead atoms. The fourth-order valence-corrected chi connectivity index (χ4v) is 3.52. The predicted molar refractivity (Wildman–Crippen MR) is 88.7 cm³/mol. The van der Waals surface area contributed by atoms with Gasteiger partial charge in [0.25, 0.3) is 0 Å². The van der Waals surface area contributed by atoms with Crippen LogP contribution in [-0.2, 0) is 0 Å². The molecule has 1 N–H and O–H groups in total. The summed E-state index contributed by atoms with van der Waals surface area (Å²) >= 11 is 0. The van der Waals surface area contributed by atoms with Crippen LogP contribution in [0.25, 0.3) is 0 Å². The van der Waals surface area contributed by atoms with Crippen molar-refractivity contribution < 1.29 is 9.90 Å². The van der Waals surface area contributed by atoms with Gasteiger partial charge in [-0.05, 0) is 6.07 Å². The Hall–Kier alpha value is -2.00. The number of hydrogen-bond donors (Lipinski definition) is 1. The molecule has 6 heteroatoms. The first-order valence-corrected chi connectivity index (χ1v) is 11.1. The zero-order valence-electron chi connectivity index (χ0n) is 13.2. The highest BCUT2D eigenvalue weighted by atomic mass is 28.3. The van der Waals surface area contributed by atoms with Crippen LogP contribution >= 0.6 is 0 Å². The van der Waals surface area contributed by atoms with Gasteiger partial charge in [0.15, 0.2) is 0 Å². The van der Waals surface area contributed by atoms with E-state index in [4.69, 9.17) is 5.11 Å². The maximum atomic E-state index is 11.1. The maximum Gasteiger partial charge on any atom is 0.407 e. The van der Waals surface area contributed by atoms with Crippen LogP contribution in [0.5, 0.6) is 0 Å². The Morgan fingerprint density at radius 3 is 2.77 bits per heavy atom. The molecule has 5 nitrogen and oxygen atoms in total. The SMILES string of the molecule is C[Si](C)(C)C#Cc1cncc(N2C[C@@H]3CN(C(=O)O)C[C@@H]32)c1. The Morgan fingerprint density at radius 2 is 2.09 bits per heavy atom. The smallest absolute Gasteiger partial charge is 0.407 e. The summed E-state index contributed by atoms with van der Waals surface area (Å²) in [5.41, 5.74) is 5.35. The molecule has 116 valence electrons. The largest absolute Gasteiger partial charge is 0.465 e. The lowest BCUT2D eigenvalue weighted by molar-refractivity contribution is 0.155. The van der Waals surface area contributed by atoms with Crippen LogP contribution < -0.4 is 4.90 Å². The number of hydrogen-bond acceptors (Lipinski definition) is 3. The molecule has 0 aliphatic carbocycles. The van der Waals surface area contributed by atoms with E-state index in [-0.39, 0.29) is 6.04 Å². The molecular formula is C16H21N3O2Si. The number of carbonyl (C=O) groups is 1. The van der Waals surface area contributed by atoms with Gasteiger partial charge < -0.3 is 14.9 Å². The lowest BCUT2D eigenvalue weighted by atomic mass is 9.91. The van der Waals surface area contributed by atoms with E-state index in [0.29, 0.717) is 19.0 Å². The quantitative estimate of drug-likeness (QED) is 0.637. The minimum absolute atomic E-state index is 0.290. The number of rotatable bonds is 1. The summed E-state index contributed by atoms with van der Waals surface area (Å²) in [7, 11) is -1.40. The lowest BCUT2D eigenvalue weighted by Gasteiger charge is -2.45. The second-order valence-electron chi connectivity index (χ2n) is 7.10. The van der Waals surface area contributed by atoms with Crippen molar-refractivity contribution in [1.29, 1.82) is 0 Å². The molecule has 0 aromatic carbocycles. The molecule has 3 rings (SSSR count). The molecule has 0 radical (unpaired) electrons. The summed E-state index contributed by atoms with van der Waals surface area (Å²) in [6.45, 7) is 8.80. The third kappa shape index (κ3) is 2.95. The molecule has 1 amide bonds. The first kappa shape index (κ1) is 14.9. The number of carboxylic acid groups (broad SMARTS) is 1. The van der Waals surface area contributed by atoms with Crippen molar-refractivity contribution >= 4 is 19.9 Å². The second kappa shape index (κ2) is 5.32. The molecule has 22 heavy (non-hydrogen) atoms. The van der Waals surface area contributed by atoms with Gasteiger partial charge in [0.1, 0.15) is 8.07 Å². The number of likely N-dealkylation sites (tertiary alicyclic amines) is 1. The molecule has 0 spiro atoms. The zero-order chi connectivity index (χ0) is 15.9. The molecule has 1 aromatic rings. The standard InChI is InChI=1S/C16H21N3O2Si/c1-22(2,3)5-4-12-6-14(8-17-7-12)19-10-13-9-18(16(20)21)11-15(13)19/h6-8,13,15H,9-11H2,1-3H3,(H,20,21)/t13-,15-/m0/s1. The number of nitrogens with zero attached hydrogens (tertiary/aromatic N) is 3. The summed E-state index contributed by atoms with van der Waals surface area (Å²) < 4.78 is 0. The molecule has 0 unspecified atom stereocenters. The van der Waals surface area contributed by atoms with Gasteiger partial charge in [-0.25, -0.2) is 4.79 Å². The van der Waals surface area contributed by atoms with Gasteiger partial charge in [0, 0.05) is 37.3 Å². The molecule has 2 aliphatic heterocycles. The van der Waals surface area contributed by atoms with E-state index in [1.807, 2.05) is 6.20 Å². The van der Waals surface area contributed by atoms with Gasteiger partial charge in [0.05, 0.1) is 17.9 Å². The first-order valence-electron chi connectivity index (χ1n) is 7.56. The lowest BCUT2D eigenvalue weighted by Crippen LogP contribution is -2.55. The van der Waals surface area contributed by atoms with E-state index in [2.05, 4.69) is 47.1 Å². The summed E-state index contributed by atoms with van der Waals surface area (Å²) in [6, 6.07) is 2.36. The minimum atomic E-state index is -1.40. The number of amides is 1. The number of pyridine rings is 1. The van der Waals surface area contributed by atoms with Crippen LogP contribution in [0, 0.1) is 17.4 Å². The monoisotopic (exact) mass is 315 g/mol. The van der Waals surface area contributed by atoms with E-state index in [9.17, 15) is 4.79 Å². The highest BCUT2D eigenvalue weighted by Gasteiger charge is 2.47. The van der Waals surface area contributed by atoms with Crippen molar-refractivity contribution in [1.82, 2.24) is 9.88 Å². The van der Waals surface area contributed by atoms with Crippen LogP contribution in [0.15, 0.2) is 18.5 Å². The Morgan fingerprint density at radius 1 is 1.32 bits per heavy atom. The molecule has 0 saturated carbocycles. The molecule has 2 fully saturated rings. The topological polar surface area (TPSA) is 56.7 Å². The third-order valence-corrected chi connectivity index (χ3v) is 5.02. The summed E-state index contributed by atoms with van der Waals surface area (Å²) in [5, 5.41) is 9.10. The van der Waals surface area contributed by atoms with Crippen LogP contribution in [0.3, 0.4) is 0 Å². The van der Waals surface area contributed by atoms with Gasteiger partial charge in [0.2, 0.25) is 0 Å². The van der Waals surface area contributed by atoms with Gasteiger partial charge in [-0.15, -0.1) is 5.54 Å². The van der Waals surface area contributed by atoms with E-state index in [1.54, 1.807) is 6.20 Å². The Bertz CT molecular complexity index is 659. The molecule has 1 aromatic heterocycles. The Labute approximate surface area is 132 Å². The normalized spacial score (nSPS) is 23.4. The number of aromatic nitrogens is 1. The number of fused-ring (bicyclic) bond motifs is 1. The van der Waals surface area contributed by atoms with Crippen LogP contribution in [0.4, 0.5) is 10.5 Å². The van der Waals surface area contributed by atoms with Crippen molar-refractivity contribution in [2.75, 3.05) is 24.5 Å². The average Bonchev–Trinajstić information content (AvgIpc) is 2.74. The van der Waals surface area contributed by atoms with Crippen LogP contribution in [-0.4, -0.2) is 54.8 Å². The minimum Gasteiger partial charge on any atom is -0.465 e. The van der Waals surface area contributed by atoms with Gasteiger partial charge in [-0.2, -0.15) is 0 Å². The fourth-order valence-electron chi connectivity index (χ4n) is 3.00. The Kier molecular flexibility index (Phi) is 3.61. The van der Waals surface area contributed by atoms with E-state index in [1.165, 1.54) is 4.90 Å². The van der Waals surface area contributed by atoms with E-state index >= 15 is 0 Å². The third-order valence-electron chi connectivity index (χ3n) is 4.15. The van der Waals surface area contributed by atoms with Crippen molar-refractivity contribution in [3.8, 4) is 11.5 Å². The van der Waals surface area contributed by atoms with Crippen molar-refractivity contribution in [3.05, 3.63) is 24.0 Å². The highest BCUT2D eigenvalue weighted by molar-refractivity contribution is 6.83. The average molecular weight is 315 g/mol. The first-order chi connectivity index (χ1) is 10.3. The Balaban J connectivity index is 1.74.